The van der Waals surface area contributed by atoms with E-state index in [1.54, 1.807) is 6.07 Å². The van der Waals surface area contributed by atoms with Gasteiger partial charge in [-0.2, -0.15) is 0 Å². The fourth-order valence-electron chi connectivity index (χ4n) is 2.82. The lowest BCUT2D eigenvalue weighted by atomic mass is 10.1. The monoisotopic (exact) mass is 330 g/mol. The molecule has 23 heavy (non-hydrogen) atoms. The van der Waals surface area contributed by atoms with E-state index in [4.69, 9.17) is 17.3 Å². The van der Waals surface area contributed by atoms with Gasteiger partial charge in [0.1, 0.15) is 5.82 Å². The van der Waals surface area contributed by atoms with Crippen molar-refractivity contribution in [3.63, 3.8) is 0 Å². The van der Waals surface area contributed by atoms with E-state index in [1.807, 2.05) is 6.07 Å². The molecule has 3 N–H and O–H groups in total. The molecule has 6 heteroatoms. The largest absolute Gasteiger partial charge is 0.371 e. The number of carbonyl (C=O) groups is 1. The number of anilines is 2. The van der Waals surface area contributed by atoms with Gasteiger partial charge < -0.3 is 16.0 Å². The topological polar surface area (TPSA) is 71.2 Å². The van der Waals surface area contributed by atoms with E-state index in [2.05, 4.69) is 39.5 Å². The van der Waals surface area contributed by atoms with Gasteiger partial charge in [-0.15, -0.1) is 0 Å². The van der Waals surface area contributed by atoms with Crippen molar-refractivity contribution < 1.29 is 4.79 Å². The summed E-state index contributed by atoms with van der Waals surface area (Å²) in [6.45, 7) is 2.86. The molecule has 0 aliphatic carbocycles. The van der Waals surface area contributed by atoms with Gasteiger partial charge in [-0.1, -0.05) is 29.8 Å². The molecule has 1 aromatic heterocycles. The van der Waals surface area contributed by atoms with E-state index in [0.29, 0.717) is 22.3 Å². The number of carbonyl (C=O) groups excluding carboxylic acids is 1. The number of hydrogen-bond acceptors (Lipinski definition) is 4. The Labute approximate surface area is 140 Å². The highest BCUT2D eigenvalue weighted by Gasteiger charge is 2.22. The van der Waals surface area contributed by atoms with Gasteiger partial charge in [0.05, 0.1) is 10.6 Å². The van der Waals surface area contributed by atoms with Gasteiger partial charge in [0.25, 0.3) is 0 Å². The van der Waals surface area contributed by atoms with Crippen LogP contribution in [0.25, 0.3) is 0 Å². The number of amides is 1. The number of para-hydroxylation sites is 1. The molecule has 2 aromatic rings. The molecule has 1 saturated heterocycles. The van der Waals surface area contributed by atoms with Crippen LogP contribution in [0, 0.1) is 5.92 Å². The molecule has 1 amide bonds. The van der Waals surface area contributed by atoms with Crippen LogP contribution in [0.3, 0.4) is 0 Å². The Balaban J connectivity index is 1.56. The molecule has 120 valence electrons. The molecule has 5 nitrogen and oxygen atoms in total. The molecular weight excluding hydrogens is 312 g/mol. The Hall–Kier alpha value is -2.27. The summed E-state index contributed by atoms with van der Waals surface area (Å²) >= 11 is 6.14. The number of primary amides is 1. The molecule has 1 unspecified atom stereocenters. The number of hydrogen-bond donors (Lipinski definition) is 2. The van der Waals surface area contributed by atoms with E-state index in [1.165, 1.54) is 11.9 Å². The number of benzene rings is 1. The summed E-state index contributed by atoms with van der Waals surface area (Å²) in [7, 11) is 0. The zero-order valence-electron chi connectivity index (χ0n) is 12.7. The van der Waals surface area contributed by atoms with Crippen LogP contribution < -0.4 is 16.0 Å². The van der Waals surface area contributed by atoms with Gasteiger partial charge in [-0.3, -0.25) is 4.79 Å². The smallest absolute Gasteiger partial charge is 0.250 e. The summed E-state index contributed by atoms with van der Waals surface area (Å²) in [5, 5.41) is 3.69. The van der Waals surface area contributed by atoms with Crippen molar-refractivity contribution in [2.45, 2.75) is 6.42 Å². The van der Waals surface area contributed by atoms with Crippen molar-refractivity contribution in [3.05, 3.63) is 53.2 Å². The van der Waals surface area contributed by atoms with Crippen LogP contribution in [-0.2, 0) is 0 Å². The molecule has 1 atom stereocenters. The molecule has 3 rings (SSSR count). The number of nitrogens with two attached hydrogens (primary N) is 1. The SMILES string of the molecule is NC(=O)c1cnc(NCC2CCN(c3ccccc3)C2)c(Cl)c1. The summed E-state index contributed by atoms with van der Waals surface area (Å²) in [6.07, 6.45) is 2.57. The quantitative estimate of drug-likeness (QED) is 0.884. The first-order valence-corrected chi connectivity index (χ1v) is 8.00. The van der Waals surface area contributed by atoms with E-state index in [-0.39, 0.29) is 0 Å². The molecule has 0 radical (unpaired) electrons. The molecule has 0 saturated carbocycles. The van der Waals surface area contributed by atoms with Crippen LogP contribution in [0.2, 0.25) is 5.02 Å². The van der Waals surface area contributed by atoms with Gasteiger partial charge in [-0.05, 0) is 30.5 Å². The Morgan fingerprint density at radius 3 is 2.87 bits per heavy atom. The standard InChI is InChI=1S/C17H19ClN4O/c18-15-8-13(16(19)23)10-21-17(15)20-9-12-6-7-22(11-12)14-4-2-1-3-5-14/h1-5,8,10,12H,6-7,9,11H2,(H2,19,23)(H,20,21). The molecule has 0 spiro atoms. The molecule has 1 aliphatic rings. The molecule has 2 heterocycles. The maximum atomic E-state index is 11.1. The van der Waals surface area contributed by atoms with Crippen molar-refractivity contribution in [3.8, 4) is 0 Å². The molecule has 1 aliphatic heterocycles. The number of pyridine rings is 1. The predicted molar refractivity (Wildman–Crippen MR) is 93.0 cm³/mol. The Morgan fingerprint density at radius 2 is 2.17 bits per heavy atom. The van der Waals surface area contributed by atoms with Gasteiger partial charge >= 0.3 is 0 Å². The molecule has 0 bridgehead atoms. The molecule has 1 aromatic carbocycles. The summed E-state index contributed by atoms with van der Waals surface area (Å²) in [6, 6.07) is 12.0. The minimum Gasteiger partial charge on any atom is -0.371 e. The molecule has 1 fully saturated rings. The third-order valence-electron chi connectivity index (χ3n) is 4.09. The number of nitrogens with one attached hydrogen (secondary N) is 1. The van der Waals surface area contributed by atoms with Crippen LogP contribution in [0.1, 0.15) is 16.8 Å². The van der Waals surface area contributed by atoms with E-state index in [0.717, 1.165) is 26.1 Å². The average Bonchev–Trinajstić information content (AvgIpc) is 3.03. The Bertz CT molecular complexity index is 692. The van der Waals surface area contributed by atoms with Gasteiger partial charge in [0.15, 0.2) is 0 Å². The summed E-state index contributed by atoms with van der Waals surface area (Å²) in [5.74, 6) is 0.596. The van der Waals surface area contributed by atoms with E-state index >= 15 is 0 Å². The first-order valence-electron chi connectivity index (χ1n) is 7.62. The number of nitrogens with zero attached hydrogens (tertiary/aromatic N) is 2. The zero-order chi connectivity index (χ0) is 16.2. The fourth-order valence-corrected chi connectivity index (χ4v) is 3.05. The zero-order valence-corrected chi connectivity index (χ0v) is 13.5. The third kappa shape index (κ3) is 3.74. The highest BCUT2D eigenvalue weighted by molar-refractivity contribution is 6.33. The van der Waals surface area contributed by atoms with Crippen molar-refractivity contribution in [1.29, 1.82) is 0 Å². The fraction of sp³-hybridized carbons (Fsp3) is 0.294. The van der Waals surface area contributed by atoms with Crippen LogP contribution in [0.15, 0.2) is 42.6 Å². The lowest BCUT2D eigenvalue weighted by molar-refractivity contribution is 0.1000. The summed E-state index contributed by atoms with van der Waals surface area (Å²) in [4.78, 5) is 17.7. The lowest BCUT2D eigenvalue weighted by Crippen LogP contribution is -2.22. The van der Waals surface area contributed by atoms with Crippen LogP contribution in [0.4, 0.5) is 11.5 Å². The van der Waals surface area contributed by atoms with Crippen molar-refractivity contribution in [1.82, 2.24) is 4.98 Å². The van der Waals surface area contributed by atoms with Crippen molar-refractivity contribution in [2.75, 3.05) is 29.9 Å². The summed E-state index contributed by atoms with van der Waals surface area (Å²) in [5.41, 5.74) is 6.79. The first-order chi connectivity index (χ1) is 11.1. The highest BCUT2D eigenvalue weighted by Crippen LogP contribution is 2.25. The Kier molecular flexibility index (Phi) is 4.67. The number of rotatable bonds is 5. The maximum Gasteiger partial charge on any atom is 0.250 e. The number of halogens is 1. The van der Waals surface area contributed by atoms with Gasteiger partial charge in [-0.25, -0.2) is 4.98 Å². The van der Waals surface area contributed by atoms with Crippen LogP contribution in [-0.4, -0.2) is 30.5 Å². The predicted octanol–water partition coefficient (Wildman–Crippen LogP) is 2.77. The number of aromatic nitrogens is 1. The average molecular weight is 331 g/mol. The molecular formula is C17H19ClN4O. The van der Waals surface area contributed by atoms with Crippen molar-refractivity contribution >= 4 is 29.0 Å². The minimum atomic E-state index is -0.528. The Morgan fingerprint density at radius 1 is 1.39 bits per heavy atom. The summed E-state index contributed by atoms with van der Waals surface area (Å²) < 4.78 is 0. The van der Waals surface area contributed by atoms with Crippen LogP contribution >= 0.6 is 11.6 Å². The van der Waals surface area contributed by atoms with Gasteiger partial charge in [0.2, 0.25) is 5.91 Å². The second-order valence-electron chi connectivity index (χ2n) is 5.74. The maximum absolute atomic E-state index is 11.1. The first kappa shape index (κ1) is 15.6. The normalized spacial score (nSPS) is 17.3. The third-order valence-corrected chi connectivity index (χ3v) is 4.38. The van der Waals surface area contributed by atoms with E-state index in [9.17, 15) is 4.79 Å². The minimum absolute atomic E-state index is 0.316. The second-order valence-corrected chi connectivity index (χ2v) is 6.14. The lowest BCUT2D eigenvalue weighted by Gasteiger charge is -2.19. The second kappa shape index (κ2) is 6.87. The van der Waals surface area contributed by atoms with Crippen molar-refractivity contribution in [2.24, 2.45) is 11.7 Å². The van der Waals surface area contributed by atoms with Gasteiger partial charge in [0, 0.05) is 31.5 Å². The highest BCUT2D eigenvalue weighted by atomic mass is 35.5. The van der Waals surface area contributed by atoms with E-state index < -0.39 is 5.91 Å². The van der Waals surface area contributed by atoms with Crippen LogP contribution in [0.5, 0.6) is 0 Å².